The van der Waals surface area contributed by atoms with Crippen LogP contribution >= 0.6 is 0 Å². The topological polar surface area (TPSA) is 119 Å². The number of non-ortho nitro benzene ring substituents is 1. The van der Waals surface area contributed by atoms with Gasteiger partial charge in [0.1, 0.15) is 0 Å². The zero-order valence-electron chi connectivity index (χ0n) is 14.9. The molecule has 2 rings (SSSR count). The van der Waals surface area contributed by atoms with Crippen LogP contribution in [0.4, 0.5) is 11.4 Å². The van der Waals surface area contributed by atoms with E-state index in [-0.39, 0.29) is 28.3 Å². The number of benzene rings is 2. The first-order chi connectivity index (χ1) is 12.7. The SMILES string of the molecule is COC(=O)c1cc(C(=O)Nc2ccccc2C(=O)N(C)C)cc([N+](=O)[O-])c1. The lowest BCUT2D eigenvalue weighted by Crippen LogP contribution is -2.24. The largest absolute Gasteiger partial charge is 0.465 e. The van der Waals surface area contributed by atoms with E-state index in [0.29, 0.717) is 0 Å². The van der Waals surface area contributed by atoms with Crippen LogP contribution in [0.15, 0.2) is 42.5 Å². The van der Waals surface area contributed by atoms with Gasteiger partial charge in [-0.15, -0.1) is 0 Å². The predicted octanol–water partition coefficient (Wildman–Crippen LogP) is 2.34. The molecule has 0 unspecified atom stereocenters. The molecule has 2 aromatic rings. The molecule has 0 spiro atoms. The molecular formula is C18H17N3O6. The summed E-state index contributed by atoms with van der Waals surface area (Å²) in [6.45, 7) is 0. The summed E-state index contributed by atoms with van der Waals surface area (Å²) in [6.07, 6.45) is 0. The highest BCUT2D eigenvalue weighted by atomic mass is 16.6. The average molecular weight is 371 g/mol. The van der Waals surface area contributed by atoms with Crippen LogP contribution in [0.2, 0.25) is 0 Å². The number of para-hydroxylation sites is 1. The van der Waals surface area contributed by atoms with E-state index in [4.69, 9.17) is 0 Å². The number of carbonyl (C=O) groups is 3. The fourth-order valence-corrected chi connectivity index (χ4v) is 2.30. The summed E-state index contributed by atoms with van der Waals surface area (Å²) in [4.78, 5) is 48.3. The van der Waals surface area contributed by atoms with E-state index >= 15 is 0 Å². The van der Waals surface area contributed by atoms with Gasteiger partial charge in [-0.2, -0.15) is 0 Å². The molecule has 0 aliphatic rings. The third-order valence-electron chi connectivity index (χ3n) is 3.62. The number of nitrogens with zero attached hydrogens (tertiary/aromatic N) is 2. The fraction of sp³-hybridized carbons (Fsp3) is 0.167. The number of anilines is 1. The van der Waals surface area contributed by atoms with Gasteiger partial charge in [-0.25, -0.2) is 4.79 Å². The number of ether oxygens (including phenoxy) is 1. The maximum Gasteiger partial charge on any atom is 0.338 e. The van der Waals surface area contributed by atoms with Gasteiger partial charge in [0.2, 0.25) is 0 Å². The van der Waals surface area contributed by atoms with E-state index in [0.717, 1.165) is 19.2 Å². The van der Waals surface area contributed by atoms with E-state index in [1.165, 1.54) is 17.0 Å². The number of hydrogen-bond acceptors (Lipinski definition) is 6. The van der Waals surface area contributed by atoms with E-state index < -0.39 is 22.5 Å². The molecule has 0 heterocycles. The van der Waals surface area contributed by atoms with Gasteiger partial charge in [-0.1, -0.05) is 12.1 Å². The summed E-state index contributed by atoms with van der Waals surface area (Å²) in [5.74, 6) is -1.83. The lowest BCUT2D eigenvalue weighted by atomic mass is 10.1. The second-order valence-corrected chi connectivity index (χ2v) is 5.72. The number of amides is 2. The Hall–Kier alpha value is -3.75. The molecule has 0 radical (unpaired) electrons. The lowest BCUT2D eigenvalue weighted by molar-refractivity contribution is -0.384. The Morgan fingerprint density at radius 3 is 2.30 bits per heavy atom. The maximum absolute atomic E-state index is 12.6. The number of hydrogen-bond donors (Lipinski definition) is 1. The molecule has 9 nitrogen and oxygen atoms in total. The number of methoxy groups -OCH3 is 1. The molecular weight excluding hydrogens is 354 g/mol. The summed E-state index contributed by atoms with van der Waals surface area (Å²) in [5.41, 5.74) is -0.172. The number of carbonyl (C=O) groups excluding carboxylic acids is 3. The number of nitro benzene ring substituents is 1. The van der Waals surface area contributed by atoms with Crippen molar-refractivity contribution in [1.29, 1.82) is 0 Å². The molecule has 0 aliphatic carbocycles. The molecule has 2 aromatic carbocycles. The first-order valence-electron chi connectivity index (χ1n) is 7.74. The van der Waals surface area contributed by atoms with Crippen molar-refractivity contribution in [2.24, 2.45) is 0 Å². The van der Waals surface area contributed by atoms with Gasteiger partial charge in [0, 0.05) is 31.8 Å². The number of nitrogens with one attached hydrogen (secondary N) is 1. The number of nitro groups is 1. The van der Waals surface area contributed by atoms with Crippen molar-refractivity contribution < 1.29 is 24.0 Å². The Kier molecular flexibility index (Phi) is 5.86. The minimum atomic E-state index is -0.809. The van der Waals surface area contributed by atoms with Gasteiger partial charge in [0.15, 0.2) is 0 Å². The van der Waals surface area contributed by atoms with Crippen LogP contribution in [0.5, 0.6) is 0 Å². The highest BCUT2D eigenvalue weighted by molar-refractivity contribution is 6.10. The van der Waals surface area contributed by atoms with Crippen LogP contribution in [-0.2, 0) is 4.74 Å². The second kappa shape index (κ2) is 8.09. The maximum atomic E-state index is 12.6. The molecule has 0 aliphatic heterocycles. The Morgan fingerprint density at radius 2 is 1.70 bits per heavy atom. The van der Waals surface area contributed by atoms with Crippen LogP contribution < -0.4 is 5.32 Å². The van der Waals surface area contributed by atoms with E-state index in [1.807, 2.05) is 0 Å². The minimum absolute atomic E-state index is 0.114. The van der Waals surface area contributed by atoms with Crippen molar-refractivity contribution in [1.82, 2.24) is 4.90 Å². The van der Waals surface area contributed by atoms with Crippen molar-refractivity contribution in [2.75, 3.05) is 26.5 Å². The standard InChI is InChI=1S/C18H17N3O6/c1-20(2)17(23)14-6-4-5-7-15(14)19-16(22)11-8-12(18(24)27-3)10-13(9-11)21(25)26/h4-10H,1-3H3,(H,19,22). The van der Waals surface area contributed by atoms with Crippen molar-refractivity contribution >= 4 is 29.2 Å². The van der Waals surface area contributed by atoms with Crippen molar-refractivity contribution in [2.45, 2.75) is 0 Å². The quantitative estimate of drug-likeness (QED) is 0.489. The normalized spacial score (nSPS) is 10.0. The van der Waals surface area contributed by atoms with Crippen molar-refractivity contribution in [3.63, 3.8) is 0 Å². The Morgan fingerprint density at radius 1 is 1.07 bits per heavy atom. The van der Waals surface area contributed by atoms with Crippen LogP contribution in [0, 0.1) is 10.1 Å². The highest BCUT2D eigenvalue weighted by Crippen LogP contribution is 2.21. The van der Waals surface area contributed by atoms with Crippen LogP contribution in [-0.4, -0.2) is 48.8 Å². The van der Waals surface area contributed by atoms with E-state index in [1.54, 1.807) is 32.3 Å². The van der Waals surface area contributed by atoms with E-state index in [2.05, 4.69) is 10.1 Å². The van der Waals surface area contributed by atoms with Crippen LogP contribution in [0.1, 0.15) is 31.1 Å². The van der Waals surface area contributed by atoms with Gasteiger partial charge >= 0.3 is 5.97 Å². The highest BCUT2D eigenvalue weighted by Gasteiger charge is 2.20. The van der Waals surface area contributed by atoms with Crippen LogP contribution in [0.3, 0.4) is 0 Å². The lowest BCUT2D eigenvalue weighted by Gasteiger charge is -2.14. The Labute approximate surface area is 154 Å². The number of rotatable bonds is 5. The first kappa shape index (κ1) is 19.6. The predicted molar refractivity (Wildman–Crippen MR) is 96.8 cm³/mol. The molecule has 2 amide bonds. The smallest absolute Gasteiger partial charge is 0.338 e. The molecule has 0 fully saturated rings. The molecule has 0 saturated heterocycles. The fourth-order valence-electron chi connectivity index (χ4n) is 2.30. The van der Waals surface area contributed by atoms with Crippen molar-refractivity contribution in [3.8, 4) is 0 Å². The molecule has 0 saturated carbocycles. The van der Waals surface area contributed by atoms with Gasteiger partial charge in [0.25, 0.3) is 17.5 Å². The molecule has 1 N–H and O–H groups in total. The molecule has 27 heavy (non-hydrogen) atoms. The summed E-state index contributed by atoms with van der Waals surface area (Å²) in [7, 11) is 4.28. The average Bonchev–Trinajstić information content (AvgIpc) is 2.66. The second-order valence-electron chi connectivity index (χ2n) is 5.72. The molecule has 140 valence electrons. The van der Waals surface area contributed by atoms with Crippen LogP contribution in [0.25, 0.3) is 0 Å². The Balaban J connectivity index is 2.42. The minimum Gasteiger partial charge on any atom is -0.465 e. The molecule has 0 atom stereocenters. The summed E-state index contributed by atoms with van der Waals surface area (Å²) in [6, 6.07) is 9.61. The molecule has 9 heteroatoms. The van der Waals surface area contributed by atoms with Gasteiger partial charge in [-0.05, 0) is 18.2 Å². The Bertz CT molecular complexity index is 923. The molecule has 0 aromatic heterocycles. The summed E-state index contributed by atoms with van der Waals surface area (Å²) >= 11 is 0. The van der Waals surface area contributed by atoms with E-state index in [9.17, 15) is 24.5 Å². The summed E-state index contributed by atoms with van der Waals surface area (Å²) < 4.78 is 4.56. The molecule has 0 bridgehead atoms. The van der Waals surface area contributed by atoms with Crippen molar-refractivity contribution in [3.05, 3.63) is 69.3 Å². The van der Waals surface area contributed by atoms with Gasteiger partial charge < -0.3 is 15.0 Å². The zero-order chi connectivity index (χ0) is 20.1. The third-order valence-corrected chi connectivity index (χ3v) is 3.62. The summed E-state index contributed by atoms with van der Waals surface area (Å²) in [5, 5.41) is 13.6. The van der Waals surface area contributed by atoms with Gasteiger partial charge in [-0.3, -0.25) is 19.7 Å². The number of esters is 1. The monoisotopic (exact) mass is 371 g/mol. The first-order valence-corrected chi connectivity index (χ1v) is 7.74. The zero-order valence-corrected chi connectivity index (χ0v) is 14.9. The third kappa shape index (κ3) is 4.46. The van der Waals surface area contributed by atoms with Gasteiger partial charge in [0.05, 0.1) is 28.8 Å².